The first-order chi connectivity index (χ1) is 14.4. The summed E-state index contributed by atoms with van der Waals surface area (Å²) < 4.78 is 0. The predicted octanol–water partition coefficient (Wildman–Crippen LogP) is 2.57. The quantitative estimate of drug-likeness (QED) is 0.525. The van der Waals surface area contributed by atoms with Crippen LogP contribution in [-0.4, -0.2) is 39.6 Å². The summed E-state index contributed by atoms with van der Waals surface area (Å²) in [6.45, 7) is 4.42. The van der Waals surface area contributed by atoms with Crippen LogP contribution in [0.25, 0.3) is 0 Å². The number of nitrogen functional groups attached to an aromatic ring is 2. The smallest absolute Gasteiger partial charge is 0.158 e. The highest BCUT2D eigenvalue weighted by Gasteiger charge is 2.69. The number of anilines is 3. The van der Waals surface area contributed by atoms with E-state index in [1.807, 2.05) is 6.92 Å². The molecule has 2 fully saturated rings. The van der Waals surface area contributed by atoms with Crippen LogP contribution in [0.3, 0.4) is 0 Å². The van der Waals surface area contributed by atoms with Gasteiger partial charge in [0.15, 0.2) is 5.82 Å². The number of pyridine rings is 1. The zero-order valence-electron chi connectivity index (χ0n) is 16.2. The molecule has 0 spiro atoms. The van der Waals surface area contributed by atoms with Crippen LogP contribution in [0.15, 0.2) is 33.8 Å². The van der Waals surface area contributed by atoms with Crippen LogP contribution in [0, 0.1) is 18.8 Å². The molecule has 1 unspecified atom stereocenters. The van der Waals surface area contributed by atoms with Gasteiger partial charge in [0.1, 0.15) is 21.7 Å². The summed E-state index contributed by atoms with van der Waals surface area (Å²) in [5, 5.41) is 4.25. The third-order valence-electron chi connectivity index (χ3n) is 6.05. The van der Waals surface area contributed by atoms with Crippen LogP contribution in [0.5, 0.6) is 0 Å². The Kier molecular flexibility index (Phi) is 4.77. The Morgan fingerprint density at radius 1 is 1.23 bits per heavy atom. The Morgan fingerprint density at radius 2 is 2.00 bits per heavy atom. The van der Waals surface area contributed by atoms with Gasteiger partial charge in [-0.2, -0.15) is 0 Å². The minimum absolute atomic E-state index is 0.0161. The molecule has 2 aliphatic rings. The molecule has 3 atom stereocenters. The number of hydrogen-bond donors (Lipinski definition) is 3. The van der Waals surface area contributed by atoms with Crippen molar-refractivity contribution in [1.29, 1.82) is 0 Å². The van der Waals surface area contributed by atoms with E-state index in [0.29, 0.717) is 34.2 Å². The van der Waals surface area contributed by atoms with Gasteiger partial charge in [0.05, 0.1) is 11.2 Å². The molecular weight excluding hydrogens is 440 g/mol. The lowest BCUT2D eigenvalue weighted by atomic mass is 10.0. The zero-order chi connectivity index (χ0) is 21.0. The number of nitrogens with two attached hydrogens (primary N) is 3. The molecule has 8 nitrogen and oxygen atoms in total. The largest absolute Gasteiger partial charge is 0.382 e. The van der Waals surface area contributed by atoms with Crippen molar-refractivity contribution in [1.82, 2.24) is 19.9 Å². The summed E-state index contributed by atoms with van der Waals surface area (Å²) in [4.78, 5) is 20.8. The van der Waals surface area contributed by atoms with Crippen LogP contribution >= 0.6 is 34.7 Å². The molecule has 0 aromatic carbocycles. The van der Waals surface area contributed by atoms with Gasteiger partial charge >= 0.3 is 0 Å². The van der Waals surface area contributed by atoms with Gasteiger partial charge in [0.2, 0.25) is 0 Å². The fourth-order valence-electron chi connectivity index (χ4n) is 4.43. The topological polar surface area (TPSA) is 133 Å². The molecule has 0 radical (unpaired) electrons. The maximum absolute atomic E-state index is 6.22. The van der Waals surface area contributed by atoms with Crippen molar-refractivity contribution < 1.29 is 0 Å². The van der Waals surface area contributed by atoms with Gasteiger partial charge < -0.3 is 22.1 Å². The van der Waals surface area contributed by atoms with Crippen LogP contribution in [0.1, 0.15) is 10.7 Å². The maximum Gasteiger partial charge on any atom is 0.158 e. The Hall–Kier alpha value is -2.14. The average Bonchev–Trinajstić information content (AvgIpc) is 3.07. The molecule has 1 aliphatic heterocycles. The van der Waals surface area contributed by atoms with Crippen LogP contribution < -0.4 is 22.1 Å². The fourth-order valence-corrected chi connectivity index (χ4v) is 6.59. The lowest BCUT2D eigenvalue weighted by molar-refractivity contribution is 0.549. The lowest BCUT2D eigenvalue weighted by Crippen LogP contribution is -2.35. The van der Waals surface area contributed by atoms with Crippen molar-refractivity contribution >= 4 is 52.2 Å². The summed E-state index contributed by atoms with van der Waals surface area (Å²) in [5.41, 5.74) is 19.3. The van der Waals surface area contributed by atoms with Crippen LogP contribution in [0.2, 0.25) is 5.02 Å². The first-order valence-corrected chi connectivity index (χ1v) is 11.6. The Bertz CT molecular complexity index is 1110. The Morgan fingerprint density at radius 3 is 2.63 bits per heavy atom. The van der Waals surface area contributed by atoms with E-state index >= 15 is 0 Å². The molecule has 6 N–H and O–H groups in total. The summed E-state index contributed by atoms with van der Waals surface area (Å²) in [6, 6.07) is 1.78. The summed E-state index contributed by atoms with van der Waals surface area (Å²) >= 11 is 9.27. The summed E-state index contributed by atoms with van der Waals surface area (Å²) in [6.07, 6.45) is 3.37. The lowest BCUT2D eigenvalue weighted by Gasteiger charge is -2.25. The highest BCUT2D eigenvalue weighted by molar-refractivity contribution is 7.99. The number of fused-ring (bicyclic) bond motifs is 1. The number of nitrogens with zero attached hydrogens (tertiary/aromatic N) is 5. The van der Waals surface area contributed by atoms with Gasteiger partial charge in [-0.15, -0.1) is 11.3 Å². The highest BCUT2D eigenvalue weighted by Crippen LogP contribution is 2.63. The van der Waals surface area contributed by atoms with Gasteiger partial charge in [-0.1, -0.05) is 23.4 Å². The molecule has 156 valence electrons. The number of halogens is 1. The van der Waals surface area contributed by atoms with Gasteiger partial charge in [-0.25, -0.2) is 19.9 Å². The second kappa shape index (κ2) is 7.23. The molecule has 11 heteroatoms. The van der Waals surface area contributed by atoms with Crippen LogP contribution in [-0.2, 0) is 5.41 Å². The van der Waals surface area contributed by atoms with E-state index in [4.69, 9.17) is 33.8 Å². The molecule has 1 aliphatic carbocycles. The summed E-state index contributed by atoms with van der Waals surface area (Å²) in [7, 11) is 0. The van der Waals surface area contributed by atoms with Gasteiger partial charge in [-0.05, 0) is 24.8 Å². The van der Waals surface area contributed by atoms with Gasteiger partial charge in [0.25, 0.3) is 0 Å². The predicted molar refractivity (Wildman–Crippen MR) is 121 cm³/mol. The second-order valence-corrected chi connectivity index (χ2v) is 9.95. The fraction of sp³-hybridized carbons (Fsp3) is 0.368. The number of hydrogen-bond acceptors (Lipinski definition) is 10. The van der Waals surface area contributed by atoms with Crippen molar-refractivity contribution in [2.75, 3.05) is 36.0 Å². The van der Waals surface area contributed by atoms with Gasteiger partial charge in [0, 0.05) is 47.2 Å². The van der Waals surface area contributed by atoms with Crippen LogP contribution in [0.4, 0.5) is 17.5 Å². The van der Waals surface area contributed by atoms with Crippen molar-refractivity contribution in [3.05, 3.63) is 39.6 Å². The monoisotopic (exact) mass is 460 g/mol. The van der Waals surface area contributed by atoms with E-state index in [1.165, 1.54) is 16.8 Å². The van der Waals surface area contributed by atoms with Crippen molar-refractivity contribution in [3.63, 3.8) is 0 Å². The van der Waals surface area contributed by atoms with Gasteiger partial charge in [-0.3, -0.25) is 0 Å². The van der Waals surface area contributed by atoms with E-state index in [9.17, 15) is 0 Å². The molecule has 4 heterocycles. The third kappa shape index (κ3) is 3.01. The number of thiazole rings is 1. The molecule has 3 aromatic rings. The first-order valence-electron chi connectivity index (χ1n) is 9.52. The number of aryl methyl sites for hydroxylation is 1. The number of aromatic nitrogens is 4. The first kappa shape index (κ1) is 19.8. The minimum atomic E-state index is 0.0161. The Labute approximate surface area is 187 Å². The standard InChI is InChI=1S/C19H21ClN8S2/c1-9-7-29-18(26-9)19(8-21)10-5-28(6-11(10)19)13-4-25-17(16(23)27-13)30-12-2-3-24-15(22)14(12)20/h2-4,7,10-11H,5-6,8,21H2,1H3,(H2,22,24)(H2,23,27)/t10-,11+,19?. The third-order valence-corrected chi connectivity index (χ3v) is 8.78. The molecule has 30 heavy (non-hydrogen) atoms. The molecule has 1 saturated heterocycles. The number of rotatable bonds is 5. The molecular formula is C19H21ClN8S2. The SMILES string of the molecule is Cc1csc(C2(CN)[C@@H]3CN(c4cnc(Sc5ccnc(N)c5Cl)c(N)n4)C[C@@H]32)n1. The van der Waals surface area contributed by atoms with Crippen molar-refractivity contribution in [2.24, 2.45) is 17.6 Å². The zero-order valence-corrected chi connectivity index (χ0v) is 18.6. The molecule has 3 aromatic heterocycles. The van der Waals surface area contributed by atoms with E-state index in [-0.39, 0.29) is 11.2 Å². The number of piperidine rings is 1. The van der Waals surface area contributed by atoms with E-state index in [0.717, 1.165) is 29.5 Å². The molecule has 1 saturated carbocycles. The van der Waals surface area contributed by atoms with Crippen molar-refractivity contribution in [2.45, 2.75) is 22.3 Å². The van der Waals surface area contributed by atoms with E-state index in [2.05, 4.69) is 25.2 Å². The highest BCUT2D eigenvalue weighted by atomic mass is 35.5. The molecule has 0 bridgehead atoms. The van der Waals surface area contributed by atoms with E-state index in [1.54, 1.807) is 29.8 Å². The normalized spacial score (nSPS) is 24.8. The minimum Gasteiger partial charge on any atom is -0.382 e. The molecule has 0 amide bonds. The van der Waals surface area contributed by atoms with E-state index < -0.39 is 0 Å². The maximum atomic E-state index is 6.22. The Balaban J connectivity index is 1.32. The summed E-state index contributed by atoms with van der Waals surface area (Å²) in [5.74, 6) is 2.41. The van der Waals surface area contributed by atoms with Crippen molar-refractivity contribution in [3.8, 4) is 0 Å². The molecule has 5 rings (SSSR count). The second-order valence-electron chi connectivity index (χ2n) is 7.69. The average molecular weight is 461 g/mol.